The minimum absolute atomic E-state index is 0.123. The molecule has 210 valence electrons. The molecule has 3 N–H and O–H groups in total. The topological polar surface area (TPSA) is 135 Å². The Balaban J connectivity index is 1.62. The third kappa shape index (κ3) is 8.74. The first-order valence-electron chi connectivity index (χ1n) is 13.5. The van der Waals surface area contributed by atoms with Gasteiger partial charge in [0.2, 0.25) is 5.91 Å². The fourth-order valence-electron chi connectivity index (χ4n) is 4.32. The summed E-state index contributed by atoms with van der Waals surface area (Å²) in [6.07, 6.45) is 5.90. The molecule has 1 fully saturated rings. The fourth-order valence-corrected chi connectivity index (χ4v) is 4.32. The summed E-state index contributed by atoms with van der Waals surface area (Å²) >= 11 is 0. The number of piperazine rings is 1. The zero-order chi connectivity index (χ0) is 28.4. The number of nitriles is 1. The van der Waals surface area contributed by atoms with Crippen LogP contribution in [0.2, 0.25) is 0 Å². The van der Waals surface area contributed by atoms with E-state index in [4.69, 9.17) is 5.26 Å². The molecule has 1 aromatic carbocycles. The molecule has 1 saturated heterocycles. The van der Waals surface area contributed by atoms with Gasteiger partial charge in [-0.1, -0.05) is 25.5 Å². The number of urea groups is 2. The zero-order valence-corrected chi connectivity index (χ0v) is 23.4. The molecular formula is C28H40N8O3. The summed E-state index contributed by atoms with van der Waals surface area (Å²) in [5.41, 5.74) is 2.14. The molecule has 0 aliphatic carbocycles. The number of imidazole rings is 1. The molecule has 1 atom stereocenters. The number of hydrogen-bond donors (Lipinski definition) is 3. The Morgan fingerprint density at radius 3 is 2.49 bits per heavy atom. The highest BCUT2D eigenvalue weighted by molar-refractivity contribution is 5.88. The maximum Gasteiger partial charge on any atom is 0.318 e. The molecule has 1 aliphatic rings. The van der Waals surface area contributed by atoms with E-state index in [0.717, 1.165) is 24.1 Å². The van der Waals surface area contributed by atoms with Gasteiger partial charge in [-0.2, -0.15) is 5.26 Å². The lowest BCUT2D eigenvalue weighted by molar-refractivity contribution is -0.127. The van der Waals surface area contributed by atoms with Crippen molar-refractivity contribution in [1.82, 2.24) is 35.3 Å². The van der Waals surface area contributed by atoms with Crippen LogP contribution in [-0.4, -0.2) is 81.6 Å². The minimum atomic E-state index is -0.804. The van der Waals surface area contributed by atoms with Gasteiger partial charge in [0.15, 0.2) is 0 Å². The van der Waals surface area contributed by atoms with Crippen LogP contribution in [0.5, 0.6) is 0 Å². The number of nitrogens with one attached hydrogen (secondary N) is 3. The molecule has 0 spiro atoms. The van der Waals surface area contributed by atoms with E-state index in [0.29, 0.717) is 38.2 Å². The van der Waals surface area contributed by atoms with Crippen molar-refractivity contribution in [3.63, 3.8) is 0 Å². The molecule has 0 bridgehead atoms. The number of amides is 5. The van der Waals surface area contributed by atoms with Gasteiger partial charge in [-0.15, -0.1) is 0 Å². The Morgan fingerprint density at radius 2 is 1.82 bits per heavy atom. The summed E-state index contributed by atoms with van der Waals surface area (Å²) in [5, 5.41) is 17.8. The van der Waals surface area contributed by atoms with Crippen LogP contribution in [0.4, 0.5) is 9.59 Å². The van der Waals surface area contributed by atoms with Crippen LogP contribution < -0.4 is 16.0 Å². The summed E-state index contributed by atoms with van der Waals surface area (Å²) in [7, 11) is 0. The Bertz CT molecular complexity index is 1160. The highest BCUT2D eigenvalue weighted by Crippen LogP contribution is 2.14. The maximum atomic E-state index is 13.3. The largest absolute Gasteiger partial charge is 0.354 e. The van der Waals surface area contributed by atoms with E-state index in [9.17, 15) is 14.4 Å². The first-order chi connectivity index (χ1) is 18.6. The first-order valence-corrected chi connectivity index (χ1v) is 13.5. The van der Waals surface area contributed by atoms with E-state index in [1.54, 1.807) is 29.6 Å². The predicted octanol–water partition coefficient (Wildman–Crippen LogP) is 2.47. The molecular weight excluding hydrogens is 496 g/mol. The standard InChI is InChI=1S/C28H40N8O3/c1-5-6-12-32-26(38)34-14-15-36(27(39)33-28(2,3)4)24(19-34)25(37)31-13-11-23-17-30-20-35(23)18-22-9-7-21(16-29)8-10-22/h7-10,17,20,24H,5-6,11-15,18-19H2,1-4H3,(H,31,37)(H,32,38)(H,33,39). The zero-order valence-electron chi connectivity index (χ0n) is 23.4. The molecule has 2 aromatic rings. The number of nitrogens with zero attached hydrogens (tertiary/aromatic N) is 5. The van der Waals surface area contributed by atoms with E-state index < -0.39 is 11.6 Å². The van der Waals surface area contributed by atoms with Gasteiger partial charge in [-0.05, 0) is 44.9 Å². The van der Waals surface area contributed by atoms with E-state index >= 15 is 0 Å². The average molecular weight is 537 g/mol. The number of carbonyl (C=O) groups excluding carboxylic acids is 3. The molecule has 0 saturated carbocycles. The molecule has 5 amide bonds. The molecule has 1 aromatic heterocycles. The van der Waals surface area contributed by atoms with Gasteiger partial charge in [0.05, 0.1) is 24.5 Å². The molecule has 2 heterocycles. The van der Waals surface area contributed by atoms with E-state index in [-0.39, 0.29) is 31.1 Å². The smallest absolute Gasteiger partial charge is 0.318 e. The van der Waals surface area contributed by atoms with Crippen molar-refractivity contribution in [3.05, 3.63) is 53.6 Å². The third-order valence-electron chi connectivity index (χ3n) is 6.43. The van der Waals surface area contributed by atoms with Gasteiger partial charge in [0.25, 0.3) is 0 Å². The Morgan fingerprint density at radius 1 is 1.08 bits per heavy atom. The second kappa shape index (κ2) is 13.6. The number of carbonyl (C=O) groups is 3. The van der Waals surface area contributed by atoms with Crippen molar-refractivity contribution in [2.24, 2.45) is 0 Å². The summed E-state index contributed by atoms with van der Waals surface area (Å²) in [4.78, 5) is 46.4. The van der Waals surface area contributed by atoms with Gasteiger partial charge in [0, 0.05) is 56.6 Å². The maximum absolute atomic E-state index is 13.3. The lowest BCUT2D eigenvalue weighted by atomic mass is 10.1. The summed E-state index contributed by atoms with van der Waals surface area (Å²) in [6, 6.07) is 8.16. The monoisotopic (exact) mass is 536 g/mol. The highest BCUT2D eigenvalue weighted by atomic mass is 16.2. The Kier molecular flexibility index (Phi) is 10.3. The van der Waals surface area contributed by atoms with Crippen LogP contribution in [-0.2, 0) is 17.8 Å². The van der Waals surface area contributed by atoms with Crippen LogP contribution in [0.1, 0.15) is 57.4 Å². The quantitative estimate of drug-likeness (QED) is 0.423. The van der Waals surface area contributed by atoms with Gasteiger partial charge in [-0.3, -0.25) is 4.79 Å². The SMILES string of the molecule is CCCCNC(=O)N1CCN(C(=O)NC(C)(C)C)C(C(=O)NCCc2cncn2Cc2ccc(C#N)cc2)C1. The van der Waals surface area contributed by atoms with Crippen molar-refractivity contribution in [2.75, 3.05) is 32.7 Å². The van der Waals surface area contributed by atoms with E-state index in [2.05, 4.69) is 33.9 Å². The number of unbranched alkanes of at least 4 members (excludes halogenated alkanes) is 1. The van der Waals surface area contributed by atoms with Crippen molar-refractivity contribution < 1.29 is 14.4 Å². The second-order valence-electron chi connectivity index (χ2n) is 10.8. The van der Waals surface area contributed by atoms with Gasteiger partial charge in [0.1, 0.15) is 6.04 Å². The number of benzene rings is 1. The van der Waals surface area contributed by atoms with E-state index in [1.165, 1.54) is 4.90 Å². The molecule has 11 heteroatoms. The highest BCUT2D eigenvalue weighted by Gasteiger charge is 2.37. The summed E-state index contributed by atoms with van der Waals surface area (Å²) < 4.78 is 2.00. The van der Waals surface area contributed by atoms with Crippen molar-refractivity contribution >= 4 is 18.0 Å². The first kappa shape index (κ1) is 29.5. The summed E-state index contributed by atoms with van der Waals surface area (Å²) in [6.45, 7) is 9.98. The fraction of sp³-hybridized carbons (Fsp3) is 0.536. The van der Waals surface area contributed by atoms with E-state index in [1.807, 2.05) is 37.5 Å². The van der Waals surface area contributed by atoms with Crippen molar-refractivity contribution in [3.8, 4) is 6.07 Å². The summed E-state index contributed by atoms with van der Waals surface area (Å²) in [5.74, 6) is -0.303. The van der Waals surface area contributed by atoms with Gasteiger partial charge < -0.3 is 30.3 Å². The third-order valence-corrected chi connectivity index (χ3v) is 6.43. The molecule has 1 unspecified atom stereocenters. The van der Waals surface area contributed by atoms with Gasteiger partial charge >= 0.3 is 12.1 Å². The molecule has 39 heavy (non-hydrogen) atoms. The predicted molar refractivity (Wildman–Crippen MR) is 148 cm³/mol. The van der Waals surface area contributed by atoms with Crippen LogP contribution >= 0.6 is 0 Å². The Labute approximate surface area is 230 Å². The number of rotatable bonds is 9. The lowest BCUT2D eigenvalue weighted by Crippen LogP contribution is -2.65. The molecule has 11 nitrogen and oxygen atoms in total. The lowest BCUT2D eigenvalue weighted by Gasteiger charge is -2.41. The van der Waals surface area contributed by atoms with Crippen molar-refractivity contribution in [2.45, 2.75) is 65.1 Å². The molecule has 1 aliphatic heterocycles. The van der Waals surface area contributed by atoms with Crippen LogP contribution in [0.3, 0.4) is 0 Å². The molecule has 3 rings (SSSR count). The van der Waals surface area contributed by atoms with Crippen molar-refractivity contribution in [1.29, 1.82) is 5.26 Å². The minimum Gasteiger partial charge on any atom is -0.354 e. The van der Waals surface area contributed by atoms with Crippen LogP contribution in [0, 0.1) is 11.3 Å². The molecule has 0 radical (unpaired) electrons. The van der Waals surface area contributed by atoms with Gasteiger partial charge in [-0.25, -0.2) is 14.6 Å². The average Bonchev–Trinajstić information content (AvgIpc) is 3.34. The van der Waals surface area contributed by atoms with Crippen LogP contribution in [0.25, 0.3) is 0 Å². The Hall–Kier alpha value is -4.07. The second-order valence-corrected chi connectivity index (χ2v) is 10.8. The number of aromatic nitrogens is 2. The van der Waals surface area contributed by atoms with Crippen LogP contribution in [0.15, 0.2) is 36.8 Å². The normalized spacial score (nSPS) is 15.4. The number of hydrogen-bond acceptors (Lipinski definition) is 5.